The molecule has 1 aromatic heterocycles. The number of rotatable bonds is 4. The van der Waals surface area contributed by atoms with Gasteiger partial charge in [-0.1, -0.05) is 6.42 Å². The van der Waals surface area contributed by atoms with Gasteiger partial charge in [-0.3, -0.25) is 9.48 Å². The average molecular weight is 341 g/mol. The second-order valence-corrected chi connectivity index (χ2v) is 7.82. The minimum Gasteiger partial charge on any atom is -0.348 e. The summed E-state index contributed by atoms with van der Waals surface area (Å²) in [7, 11) is 0. The topological polar surface area (TPSA) is 72.9 Å². The van der Waals surface area contributed by atoms with E-state index in [1.165, 1.54) is 18.5 Å². The number of hydrogen-bond donors (Lipinski definition) is 2. The molecule has 1 aromatic rings. The number of halogens is 1. The molecule has 3 rings (SSSR count). The van der Waals surface area contributed by atoms with E-state index in [0.29, 0.717) is 24.1 Å². The zero-order valence-corrected chi connectivity index (χ0v) is 15.2. The molecule has 3 N–H and O–H groups in total. The predicted molar refractivity (Wildman–Crippen MR) is 94.1 cm³/mol. The van der Waals surface area contributed by atoms with Crippen molar-refractivity contribution in [3.8, 4) is 0 Å². The second kappa shape index (κ2) is 6.81. The van der Waals surface area contributed by atoms with Crippen LogP contribution >= 0.6 is 12.4 Å². The lowest BCUT2D eigenvalue weighted by Crippen LogP contribution is -2.40. The van der Waals surface area contributed by atoms with Crippen molar-refractivity contribution in [3.05, 3.63) is 17.5 Å². The summed E-state index contributed by atoms with van der Waals surface area (Å²) in [5.41, 5.74) is 7.47. The number of hydrogen-bond acceptors (Lipinski definition) is 3. The minimum atomic E-state index is -0.0936. The third kappa shape index (κ3) is 3.89. The number of aromatic nitrogens is 2. The number of nitrogens with one attached hydrogen (secondary N) is 1. The highest BCUT2D eigenvalue weighted by Gasteiger charge is 2.33. The van der Waals surface area contributed by atoms with Crippen molar-refractivity contribution in [2.75, 3.05) is 6.54 Å². The number of nitrogens with zero attached hydrogens (tertiary/aromatic N) is 2. The van der Waals surface area contributed by atoms with Crippen LogP contribution in [0, 0.1) is 5.92 Å². The molecule has 2 unspecified atom stereocenters. The molecule has 0 radical (unpaired) electrons. The van der Waals surface area contributed by atoms with Crippen LogP contribution in [-0.2, 0) is 5.54 Å². The summed E-state index contributed by atoms with van der Waals surface area (Å²) in [4.78, 5) is 12.6. The zero-order valence-electron chi connectivity index (χ0n) is 14.3. The van der Waals surface area contributed by atoms with Crippen molar-refractivity contribution in [2.24, 2.45) is 11.7 Å². The highest BCUT2D eigenvalue weighted by Crippen LogP contribution is 2.41. The Balaban J connectivity index is 0.00000192. The summed E-state index contributed by atoms with van der Waals surface area (Å²) in [6.07, 6.45) is 5.71. The molecule has 5 nitrogen and oxygen atoms in total. The van der Waals surface area contributed by atoms with E-state index in [-0.39, 0.29) is 29.9 Å². The Morgan fingerprint density at radius 1 is 1.35 bits per heavy atom. The van der Waals surface area contributed by atoms with E-state index in [1.807, 2.05) is 10.7 Å². The molecule has 2 fully saturated rings. The molecule has 1 amide bonds. The number of nitrogens with two attached hydrogens (primary N) is 1. The molecule has 6 heteroatoms. The van der Waals surface area contributed by atoms with Crippen LogP contribution in [0.3, 0.4) is 0 Å². The molecule has 2 aliphatic rings. The SMILES string of the molecule is CC(C)(C)n1nc(C(=O)NC2CCCC2CN)cc1C1CC1.Cl. The van der Waals surface area contributed by atoms with Crippen LogP contribution in [0.5, 0.6) is 0 Å². The molecule has 1 heterocycles. The van der Waals surface area contributed by atoms with E-state index in [2.05, 4.69) is 31.2 Å². The van der Waals surface area contributed by atoms with Crippen LogP contribution in [0.2, 0.25) is 0 Å². The molecule has 2 aliphatic carbocycles. The van der Waals surface area contributed by atoms with Crippen molar-refractivity contribution in [2.45, 2.75) is 70.4 Å². The van der Waals surface area contributed by atoms with Gasteiger partial charge in [-0.15, -0.1) is 12.4 Å². The van der Waals surface area contributed by atoms with Crippen molar-refractivity contribution >= 4 is 18.3 Å². The molecular weight excluding hydrogens is 312 g/mol. The zero-order chi connectivity index (χ0) is 15.9. The Labute approximate surface area is 144 Å². The van der Waals surface area contributed by atoms with Gasteiger partial charge in [0.05, 0.1) is 5.54 Å². The maximum atomic E-state index is 12.6. The number of carbonyl (C=O) groups is 1. The van der Waals surface area contributed by atoms with E-state index >= 15 is 0 Å². The van der Waals surface area contributed by atoms with Gasteiger partial charge in [-0.2, -0.15) is 5.10 Å². The van der Waals surface area contributed by atoms with E-state index in [9.17, 15) is 4.79 Å². The second-order valence-electron chi connectivity index (χ2n) is 7.82. The average Bonchev–Trinajstić information content (AvgIpc) is 3.02. The number of amides is 1. The smallest absolute Gasteiger partial charge is 0.272 e. The van der Waals surface area contributed by atoms with Gasteiger partial charge in [-0.25, -0.2) is 0 Å². The third-order valence-corrected chi connectivity index (χ3v) is 4.88. The van der Waals surface area contributed by atoms with Gasteiger partial charge in [0.2, 0.25) is 0 Å². The fourth-order valence-electron chi connectivity index (χ4n) is 3.47. The molecule has 2 saturated carbocycles. The van der Waals surface area contributed by atoms with E-state index in [0.717, 1.165) is 19.3 Å². The summed E-state index contributed by atoms with van der Waals surface area (Å²) in [5, 5.41) is 7.76. The Morgan fingerprint density at radius 2 is 2.04 bits per heavy atom. The van der Waals surface area contributed by atoms with Gasteiger partial charge < -0.3 is 11.1 Å². The standard InChI is InChI=1S/C17H28N4O.ClH/c1-17(2,3)21-15(11-7-8-11)9-14(20-21)16(22)19-13-6-4-5-12(13)10-18;/h9,11-13H,4-8,10,18H2,1-3H3,(H,19,22);1H. The summed E-state index contributed by atoms with van der Waals surface area (Å²) in [5.74, 6) is 0.948. The molecule has 0 bridgehead atoms. The molecule has 0 aliphatic heterocycles. The van der Waals surface area contributed by atoms with Crippen molar-refractivity contribution in [1.82, 2.24) is 15.1 Å². The molecule has 0 saturated heterocycles. The van der Waals surface area contributed by atoms with Crippen LogP contribution in [0.25, 0.3) is 0 Å². The van der Waals surface area contributed by atoms with Crippen LogP contribution in [0.4, 0.5) is 0 Å². The molecule has 130 valence electrons. The maximum Gasteiger partial charge on any atom is 0.272 e. The van der Waals surface area contributed by atoms with E-state index in [4.69, 9.17) is 5.73 Å². The predicted octanol–water partition coefficient (Wildman–Crippen LogP) is 2.79. The minimum absolute atomic E-state index is 0. The van der Waals surface area contributed by atoms with Crippen molar-refractivity contribution < 1.29 is 4.79 Å². The van der Waals surface area contributed by atoms with Gasteiger partial charge >= 0.3 is 0 Å². The van der Waals surface area contributed by atoms with Crippen LogP contribution in [-0.4, -0.2) is 28.3 Å². The first kappa shape index (κ1) is 18.3. The summed E-state index contributed by atoms with van der Waals surface area (Å²) in [6, 6.07) is 2.20. The maximum absolute atomic E-state index is 12.6. The first-order valence-electron chi connectivity index (χ1n) is 8.51. The fourth-order valence-corrected chi connectivity index (χ4v) is 3.47. The van der Waals surface area contributed by atoms with Gasteiger partial charge in [-0.05, 0) is 65.0 Å². The van der Waals surface area contributed by atoms with Gasteiger partial charge in [0.15, 0.2) is 0 Å². The Morgan fingerprint density at radius 3 is 2.61 bits per heavy atom. The van der Waals surface area contributed by atoms with Crippen LogP contribution < -0.4 is 11.1 Å². The van der Waals surface area contributed by atoms with Crippen molar-refractivity contribution in [1.29, 1.82) is 0 Å². The van der Waals surface area contributed by atoms with Crippen LogP contribution in [0.1, 0.15) is 75.0 Å². The molecule has 2 atom stereocenters. The Bertz CT molecular complexity index is 559. The first-order chi connectivity index (χ1) is 10.4. The first-order valence-corrected chi connectivity index (χ1v) is 8.51. The highest BCUT2D eigenvalue weighted by atomic mass is 35.5. The van der Waals surface area contributed by atoms with Gasteiger partial charge in [0.25, 0.3) is 5.91 Å². The molecular formula is C17H29ClN4O. The van der Waals surface area contributed by atoms with E-state index < -0.39 is 0 Å². The third-order valence-electron chi connectivity index (χ3n) is 4.88. The molecule has 23 heavy (non-hydrogen) atoms. The number of carbonyl (C=O) groups excluding carboxylic acids is 1. The molecule has 0 spiro atoms. The Kier molecular flexibility index (Phi) is 5.41. The van der Waals surface area contributed by atoms with Crippen LogP contribution in [0.15, 0.2) is 6.07 Å². The normalized spacial score (nSPS) is 24.3. The Hall–Kier alpha value is -1.07. The largest absolute Gasteiger partial charge is 0.348 e. The van der Waals surface area contributed by atoms with Gasteiger partial charge in [0, 0.05) is 17.7 Å². The summed E-state index contributed by atoms with van der Waals surface area (Å²) in [6.45, 7) is 7.05. The lowest BCUT2D eigenvalue weighted by molar-refractivity contribution is 0.0922. The van der Waals surface area contributed by atoms with Gasteiger partial charge in [0.1, 0.15) is 5.69 Å². The monoisotopic (exact) mass is 340 g/mol. The lowest BCUT2D eigenvalue weighted by Gasteiger charge is -2.22. The highest BCUT2D eigenvalue weighted by molar-refractivity contribution is 5.92. The van der Waals surface area contributed by atoms with Crippen molar-refractivity contribution in [3.63, 3.8) is 0 Å². The lowest BCUT2D eigenvalue weighted by atomic mass is 10.0. The summed E-state index contributed by atoms with van der Waals surface area (Å²) >= 11 is 0. The quantitative estimate of drug-likeness (QED) is 0.885. The van der Waals surface area contributed by atoms with E-state index in [1.54, 1.807) is 0 Å². The molecule has 0 aromatic carbocycles. The summed E-state index contributed by atoms with van der Waals surface area (Å²) < 4.78 is 2.04. The fraction of sp³-hybridized carbons (Fsp3) is 0.765.